The Labute approximate surface area is 109 Å². The molecule has 2 N–H and O–H groups in total. The molecule has 1 aliphatic heterocycles. The topological polar surface area (TPSA) is 66.4 Å². The molecule has 1 heterocycles. The van der Waals surface area contributed by atoms with Gasteiger partial charge in [0.05, 0.1) is 16.3 Å². The molecule has 1 atom stereocenters. The molecule has 0 spiro atoms. The van der Waals surface area contributed by atoms with Crippen LogP contribution in [0.1, 0.15) is 12.8 Å². The third kappa shape index (κ3) is 2.81. The molecule has 1 unspecified atom stereocenters. The first kappa shape index (κ1) is 12.9. The molecule has 1 aliphatic rings. The zero-order valence-electron chi connectivity index (χ0n) is 9.19. The van der Waals surface area contributed by atoms with Crippen molar-refractivity contribution in [1.29, 1.82) is 0 Å². The van der Waals surface area contributed by atoms with Gasteiger partial charge in [-0.1, -0.05) is 15.9 Å². The molecule has 0 aliphatic carbocycles. The summed E-state index contributed by atoms with van der Waals surface area (Å²) >= 11 is 3.33. The molecular formula is C11H14BrNO3S. The maximum absolute atomic E-state index is 12.0. The largest absolute Gasteiger partial charge is 0.396 e. The van der Waals surface area contributed by atoms with Crippen molar-refractivity contribution < 1.29 is 13.5 Å². The van der Waals surface area contributed by atoms with E-state index < -0.39 is 9.84 Å². The van der Waals surface area contributed by atoms with Crippen molar-refractivity contribution in [3.05, 3.63) is 22.7 Å². The normalized spacial score (nSPS) is 21.6. The standard InChI is InChI=1S/C11H14BrNO3S/c12-8-3-4-11-10(6-8)13-9(2-1-5-14)7-17(11,15)16/h3-4,6,9,13-14H,1-2,5,7H2. The molecule has 17 heavy (non-hydrogen) atoms. The summed E-state index contributed by atoms with van der Waals surface area (Å²) in [5.74, 6) is 0.0988. The van der Waals surface area contributed by atoms with E-state index in [1.54, 1.807) is 18.2 Å². The van der Waals surface area contributed by atoms with Crippen molar-refractivity contribution >= 4 is 31.5 Å². The molecule has 1 aromatic carbocycles. The van der Waals surface area contributed by atoms with E-state index in [9.17, 15) is 8.42 Å². The number of aliphatic hydroxyl groups excluding tert-OH is 1. The Morgan fingerprint density at radius 2 is 2.24 bits per heavy atom. The average molecular weight is 320 g/mol. The summed E-state index contributed by atoms with van der Waals surface area (Å²) in [6.45, 7) is 0.0869. The maximum atomic E-state index is 12.0. The van der Waals surface area contributed by atoms with E-state index in [-0.39, 0.29) is 18.4 Å². The monoisotopic (exact) mass is 319 g/mol. The molecule has 94 valence electrons. The first-order valence-corrected chi connectivity index (χ1v) is 7.87. The summed E-state index contributed by atoms with van der Waals surface area (Å²) in [5, 5.41) is 12.0. The zero-order chi connectivity index (χ0) is 12.5. The van der Waals surface area contributed by atoms with Crippen LogP contribution in [-0.4, -0.2) is 31.9 Å². The van der Waals surface area contributed by atoms with Crippen LogP contribution in [0.15, 0.2) is 27.6 Å². The Bertz CT molecular complexity index is 515. The van der Waals surface area contributed by atoms with Gasteiger partial charge in [0.15, 0.2) is 9.84 Å². The molecule has 6 heteroatoms. The van der Waals surface area contributed by atoms with Gasteiger partial charge in [-0.25, -0.2) is 8.42 Å². The van der Waals surface area contributed by atoms with E-state index in [0.29, 0.717) is 23.4 Å². The first-order chi connectivity index (χ1) is 8.03. The number of hydrogen-bond donors (Lipinski definition) is 2. The fourth-order valence-electron chi connectivity index (χ4n) is 2.00. The molecule has 0 saturated carbocycles. The van der Waals surface area contributed by atoms with Crippen LogP contribution < -0.4 is 5.32 Å². The minimum atomic E-state index is -3.20. The van der Waals surface area contributed by atoms with Crippen molar-refractivity contribution in [2.75, 3.05) is 17.7 Å². The second kappa shape index (κ2) is 4.96. The van der Waals surface area contributed by atoms with E-state index in [1.807, 2.05) is 0 Å². The second-order valence-corrected chi connectivity index (χ2v) is 7.05. The number of anilines is 1. The molecule has 2 rings (SSSR count). The number of rotatable bonds is 3. The Kier molecular flexibility index (Phi) is 3.75. The molecule has 0 aromatic heterocycles. The van der Waals surface area contributed by atoms with Crippen molar-refractivity contribution in [1.82, 2.24) is 0 Å². The first-order valence-electron chi connectivity index (χ1n) is 5.42. The van der Waals surface area contributed by atoms with E-state index >= 15 is 0 Å². The highest BCUT2D eigenvalue weighted by molar-refractivity contribution is 9.10. The molecule has 0 saturated heterocycles. The van der Waals surface area contributed by atoms with Gasteiger partial charge in [0.1, 0.15) is 0 Å². The minimum Gasteiger partial charge on any atom is -0.396 e. The average Bonchev–Trinajstić information content (AvgIpc) is 2.24. The van der Waals surface area contributed by atoms with E-state index in [1.165, 1.54) is 0 Å². The molecule has 4 nitrogen and oxygen atoms in total. The molecule has 0 amide bonds. The van der Waals surface area contributed by atoms with Gasteiger partial charge in [0.2, 0.25) is 0 Å². The number of nitrogens with one attached hydrogen (secondary N) is 1. The maximum Gasteiger partial charge on any atom is 0.182 e. The highest BCUT2D eigenvalue weighted by Gasteiger charge is 2.29. The fraction of sp³-hybridized carbons (Fsp3) is 0.455. The lowest BCUT2D eigenvalue weighted by atomic mass is 10.1. The lowest BCUT2D eigenvalue weighted by Crippen LogP contribution is -2.34. The Balaban J connectivity index is 2.32. The predicted molar refractivity (Wildman–Crippen MR) is 69.9 cm³/mol. The van der Waals surface area contributed by atoms with Crippen LogP contribution in [0.25, 0.3) is 0 Å². The zero-order valence-corrected chi connectivity index (χ0v) is 11.6. The lowest BCUT2D eigenvalue weighted by Gasteiger charge is -2.27. The summed E-state index contributed by atoms with van der Waals surface area (Å²) in [5.41, 5.74) is 0.647. The smallest absolute Gasteiger partial charge is 0.182 e. The van der Waals surface area contributed by atoms with Crippen LogP contribution >= 0.6 is 15.9 Å². The Morgan fingerprint density at radius 1 is 1.47 bits per heavy atom. The SMILES string of the molecule is O=S1(=O)CC(CCCO)Nc2cc(Br)ccc21. The molecule has 1 aromatic rings. The van der Waals surface area contributed by atoms with E-state index in [0.717, 1.165) is 4.47 Å². The minimum absolute atomic E-state index is 0.0869. The third-order valence-electron chi connectivity index (χ3n) is 2.77. The van der Waals surface area contributed by atoms with Crippen LogP contribution in [0.5, 0.6) is 0 Å². The van der Waals surface area contributed by atoms with Gasteiger partial charge in [-0.05, 0) is 31.0 Å². The van der Waals surface area contributed by atoms with Crippen molar-refractivity contribution in [2.45, 2.75) is 23.8 Å². The Morgan fingerprint density at radius 3 is 2.94 bits per heavy atom. The quantitative estimate of drug-likeness (QED) is 0.891. The number of halogens is 1. The van der Waals surface area contributed by atoms with Crippen molar-refractivity contribution in [2.24, 2.45) is 0 Å². The highest BCUT2D eigenvalue weighted by atomic mass is 79.9. The third-order valence-corrected chi connectivity index (χ3v) is 5.13. The molecule has 0 radical (unpaired) electrons. The highest BCUT2D eigenvalue weighted by Crippen LogP contribution is 2.31. The predicted octanol–water partition coefficient (Wildman–Crippen LogP) is 1.79. The van der Waals surface area contributed by atoms with Gasteiger partial charge in [-0.3, -0.25) is 0 Å². The van der Waals surface area contributed by atoms with Gasteiger partial charge >= 0.3 is 0 Å². The number of sulfone groups is 1. The van der Waals surface area contributed by atoms with Crippen LogP contribution in [0.3, 0.4) is 0 Å². The van der Waals surface area contributed by atoms with Gasteiger partial charge in [0, 0.05) is 17.1 Å². The summed E-state index contributed by atoms with van der Waals surface area (Å²) in [6.07, 6.45) is 1.26. The van der Waals surface area contributed by atoms with Crippen molar-refractivity contribution in [3.8, 4) is 0 Å². The summed E-state index contributed by atoms with van der Waals surface area (Å²) < 4.78 is 24.9. The van der Waals surface area contributed by atoms with Gasteiger partial charge in [0.25, 0.3) is 0 Å². The van der Waals surface area contributed by atoms with Crippen LogP contribution in [0.4, 0.5) is 5.69 Å². The second-order valence-electron chi connectivity index (χ2n) is 4.13. The van der Waals surface area contributed by atoms with E-state index in [4.69, 9.17) is 5.11 Å². The van der Waals surface area contributed by atoms with Gasteiger partial charge < -0.3 is 10.4 Å². The molecular weight excluding hydrogens is 306 g/mol. The van der Waals surface area contributed by atoms with Gasteiger partial charge in [-0.15, -0.1) is 0 Å². The van der Waals surface area contributed by atoms with Crippen LogP contribution in [0.2, 0.25) is 0 Å². The Hall–Kier alpha value is -0.590. The molecule has 0 bridgehead atoms. The van der Waals surface area contributed by atoms with Crippen LogP contribution in [0, 0.1) is 0 Å². The summed E-state index contributed by atoms with van der Waals surface area (Å²) in [6, 6.07) is 5.00. The number of aliphatic hydroxyl groups is 1. The fourth-order valence-corrected chi connectivity index (χ4v) is 4.04. The van der Waals surface area contributed by atoms with E-state index in [2.05, 4.69) is 21.2 Å². The van der Waals surface area contributed by atoms with Crippen LogP contribution in [-0.2, 0) is 9.84 Å². The van der Waals surface area contributed by atoms with Crippen molar-refractivity contribution in [3.63, 3.8) is 0 Å². The summed E-state index contributed by atoms with van der Waals surface area (Å²) in [4.78, 5) is 0.362. The van der Waals surface area contributed by atoms with Gasteiger partial charge in [-0.2, -0.15) is 0 Å². The lowest BCUT2D eigenvalue weighted by molar-refractivity contribution is 0.282. The number of benzene rings is 1. The number of hydrogen-bond acceptors (Lipinski definition) is 4. The summed E-state index contributed by atoms with van der Waals surface area (Å²) in [7, 11) is -3.20. The number of fused-ring (bicyclic) bond motifs is 1. The molecule has 0 fully saturated rings.